The molecule has 0 bridgehead atoms. The van der Waals surface area contributed by atoms with Crippen molar-refractivity contribution in [1.82, 2.24) is 5.16 Å². The fraction of sp³-hybridized carbons (Fsp3) is 0.500. The molecule has 1 aliphatic carbocycles. The Labute approximate surface area is 126 Å². The van der Waals surface area contributed by atoms with Crippen LogP contribution in [0.5, 0.6) is 0 Å². The molecule has 1 aromatic carbocycles. The zero-order chi connectivity index (χ0) is 14.7. The molecule has 0 unspecified atom stereocenters. The number of hydrogen-bond donors (Lipinski definition) is 1. The van der Waals surface area contributed by atoms with Crippen LogP contribution in [0.25, 0.3) is 11.1 Å². The van der Waals surface area contributed by atoms with E-state index in [2.05, 4.69) is 36.3 Å². The third kappa shape index (κ3) is 3.29. The average Bonchev–Trinajstić information content (AvgIpc) is 2.87. The van der Waals surface area contributed by atoms with Gasteiger partial charge in [0.25, 0.3) is 0 Å². The van der Waals surface area contributed by atoms with Gasteiger partial charge in [-0.2, -0.15) is 0 Å². The molecular formula is C18H24N2O. The Morgan fingerprint density at radius 2 is 2.05 bits per heavy atom. The molecule has 3 nitrogen and oxygen atoms in total. The first kappa shape index (κ1) is 14.2. The molecule has 3 rings (SSSR count). The molecule has 1 aromatic heterocycles. The van der Waals surface area contributed by atoms with Gasteiger partial charge in [-0.25, -0.2) is 0 Å². The van der Waals surface area contributed by atoms with Crippen LogP contribution in [0.3, 0.4) is 0 Å². The molecule has 0 atom stereocenters. The molecule has 2 N–H and O–H groups in total. The minimum absolute atomic E-state index is 0.444. The van der Waals surface area contributed by atoms with E-state index in [1.54, 1.807) is 0 Å². The molecule has 1 saturated carbocycles. The Morgan fingerprint density at radius 3 is 2.81 bits per heavy atom. The van der Waals surface area contributed by atoms with E-state index in [0.29, 0.717) is 5.88 Å². The van der Waals surface area contributed by atoms with Crippen molar-refractivity contribution in [1.29, 1.82) is 0 Å². The van der Waals surface area contributed by atoms with Gasteiger partial charge in [0.2, 0.25) is 5.88 Å². The van der Waals surface area contributed by atoms with Gasteiger partial charge in [0, 0.05) is 0 Å². The molecule has 1 heterocycles. The first-order chi connectivity index (χ1) is 10.2. The van der Waals surface area contributed by atoms with Gasteiger partial charge in [0.1, 0.15) is 0 Å². The zero-order valence-electron chi connectivity index (χ0n) is 12.8. The molecule has 1 fully saturated rings. The number of nitrogen functional groups attached to an aromatic ring is 1. The van der Waals surface area contributed by atoms with Gasteiger partial charge in [0.05, 0.1) is 11.3 Å². The molecule has 112 valence electrons. The van der Waals surface area contributed by atoms with E-state index in [9.17, 15) is 0 Å². The predicted molar refractivity (Wildman–Crippen MR) is 86.0 cm³/mol. The highest BCUT2D eigenvalue weighted by Gasteiger charge is 2.19. The molecule has 2 aromatic rings. The Kier molecular flexibility index (Phi) is 4.28. The summed E-state index contributed by atoms with van der Waals surface area (Å²) in [6.07, 6.45) is 9.08. The van der Waals surface area contributed by atoms with Crippen molar-refractivity contribution >= 4 is 5.88 Å². The molecular weight excluding hydrogens is 260 g/mol. The summed E-state index contributed by atoms with van der Waals surface area (Å²) in [5.74, 6) is 1.29. The standard InChI is InChI=1S/C18H24N2O/c1-13-6-5-9-15(12-13)17-16(20-21-18(17)19)11-10-14-7-3-2-4-8-14/h5-6,9,12,14H,2-4,7-8,10-11,19H2,1H3. The Morgan fingerprint density at radius 1 is 1.24 bits per heavy atom. The fourth-order valence-electron chi connectivity index (χ4n) is 3.43. The van der Waals surface area contributed by atoms with Crippen molar-refractivity contribution < 1.29 is 4.52 Å². The molecule has 0 radical (unpaired) electrons. The van der Waals surface area contributed by atoms with E-state index < -0.39 is 0 Å². The van der Waals surface area contributed by atoms with Gasteiger partial charge in [-0.1, -0.05) is 67.1 Å². The van der Waals surface area contributed by atoms with Crippen molar-refractivity contribution in [2.75, 3.05) is 5.73 Å². The van der Waals surface area contributed by atoms with E-state index in [-0.39, 0.29) is 0 Å². The number of aryl methyl sites for hydroxylation is 2. The summed E-state index contributed by atoms with van der Waals surface area (Å²) in [7, 11) is 0. The highest BCUT2D eigenvalue weighted by Crippen LogP contribution is 2.33. The smallest absolute Gasteiger partial charge is 0.230 e. The maximum atomic E-state index is 6.00. The van der Waals surface area contributed by atoms with Crippen LogP contribution in [0.1, 0.15) is 49.8 Å². The van der Waals surface area contributed by atoms with Crippen LogP contribution in [0.4, 0.5) is 5.88 Å². The molecule has 21 heavy (non-hydrogen) atoms. The summed E-state index contributed by atoms with van der Waals surface area (Å²) < 4.78 is 5.26. The van der Waals surface area contributed by atoms with E-state index >= 15 is 0 Å². The van der Waals surface area contributed by atoms with Crippen LogP contribution in [0.2, 0.25) is 0 Å². The van der Waals surface area contributed by atoms with Crippen LogP contribution in [0, 0.1) is 12.8 Å². The lowest BCUT2D eigenvalue weighted by Gasteiger charge is -2.20. The summed E-state index contributed by atoms with van der Waals surface area (Å²) in [5, 5.41) is 4.21. The van der Waals surface area contributed by atoms with Crippen molar-refractivity contribution in [3.8, 4) is 11.1 Å². The summed E-state index contributed by atoms with van der Waals surface area (Å²) >= 11 is 0. The molecule has 1 aliphatic rings. The summed E-state index contributed by atoms with van der Waals surface area (Å²) in [6.45, 7) is 2.09. The van der Waals surface area contributed by atoms with Crippen LogP contribution in [-0.4, -0.2) is 5.16 Å². The molecule has 0 aliphatic heterocycles. The van der Waals surface area contributed by atoms with E-state index in [1.165, 1.54) is 44.1 Å². The third-order valence-corrected chi connectivity index (χ3v) is 4.61. The highest BCUT2D eigenvalue weighted by molar-refractivity contribution is 5.75. The normalized spacial score (nSPS) is 16.2. The number of aromatic nitrogens is 1. The lowest BCUT2D eigenvalue weighted by atomic mass is 9.85. The van der Waals surface area contributed by atoms with Gasteiger partial charge in [-0.3, -0.25) is 0 Å². The molecule has 0 spiro atoms. The molecule has 3 heteroatoms. The van der Waals surface area contributed by atoms with Crippen molar-refractivity contribution in [2.24, 2.45) is 5.92 Å². The van der Waals surface area contributed by atoms with E-state index in [1.807, 2.05) is 0 Å². The van der Waals surface area contributed by atoms with Crippen molar-refractivity contribution in [3.05, 3.63) is 35.5 Å². The zero-order valence-corrected chi connectivity index (χ0v) is 12.8. The molecule has 0 amide bonds. The Balaban J connectivity index is 1.77. The van der Waals surface area contributed by atoms with E-state index in [4.69, 9.17) is 10.3 Å². The van der Waals surface area contributed by atoms with Gasteiger partial charge < -0.3 is 10.3 Å². The van der Waals surface area contributed by atoms with Gasteiger partial charge in [-0.15, -0.1) is 0 Å². The first-order valence-electron chi connectivity index (χ1n) is 8.05. The number of nitrogens with two attached hydrogens (primary N) is 1. The minimum Gasteiger partial charge on any atom is -0.367 e. The topological polar surface area (TPSA) is 52.0 Å². The second kappa shape index (κ2) is 6.33. The van der Waals surface area contributed by atoms with Gasteiger partial charge in [0.15, 0.2) is 0 Å². The van der Waals surface area contributed by atoms with Crippen LogP contribution >= 0.6 is 0 Å². The van der Waals surface area contributed by atoms with Gasteiger partial charge in [-0.05, 0) is 31.2 Å². The van der Waals surface area contributed by atoms with Crippen molar-refractivity contribution in [3.63, 3.8) is 0 Å². The second-order valence-electron chi connectivity index (χ2n) is 6.28. The largest absolute Gasteiger partial charge is 0.367 e. The lowest BCUT2D eigenvalue weighted by molar-refractivity contribution is 0.335. The maximum absolute atomic E-state index is 6.00. The van der Waals surface area contributed by atoms with Crippen LogP contribution < -0.4 is 5.73 Å². The Bertz CT molecular complexity index is 597. The Hall–Kier alpha value is -1.77. The number of anilines is 1. The second-order valence-corrected chi connectivity index (χ2v) is 6.28. The number of hydrogen-bond acceptors (Lipinski definition) is 3. The SMILES string of the molecule is Cc1cccc(-c2c(CCC3CCCCC3)noc2N)c1. The highest BCUT2D eigenvalue weighted by atomic mass is 16.5. The maximum Gasteiger partial charge on any atom is 0.230 e. The fourth-order valence-corrected chi connectivity index (χ4v) is 3.43. The van der Waals surface area contributed by atoms with Crippen LogP contribution in [0.15, 0.2) is 28.8 Å². The first-order valence-corrected chi connectivity index (χ1v) is 8.05. The average molecular weight is 284 g/mol. The third-order valence-electron chi connectivity index (χ3n) is 4.61. The summed E-state index contributed by atoms with van der Waals surface area (Å²) in [6, 6.07) is 8.38. The lowest BCUT2D eigenvalue weighted by Crippen LogP contribution is -2.07. The number of rotatable bonds is 4. The summed E-state index contributed by atoms with van der Waals surface area (Å²) in [4.78, 5) is 0. The van der Waals surface area contributed by atoms with E-state index in [0.717, 1.165) is 29.2 Å². The number of nitrogens with zero attached hydrogens (tertiary/aromatic N) is 1. The van der Waals surface area contributed by atoms with Crippen molar-refractivity contribution in [2.45, 2.75) is 51.9 Å². The summed E-state index contributed by atoms with van der Waals surface area (Å²) in [5.41, 5.74) is 10.4. The number of benzene rings is 1. The minimum atomic E-state index is 0.444. The predicted octanol–water partition coefficient (Wildman–Crippen LogP) is 4.75. The van der Waals surface area contributed by atoms with Crippen LogP contribution in [-0.2, 0) is 6.42 Å². The molecule has 0 saturated heterocycles. The monoisotopic (exact) mass is 284 g/mol. The quantitative estimate of drug-likeness (QED) is 0.881. The van der Waals surface area contributed by atoms with Gasteiger partial charge >= 0.3 is 0 Å².